The number of halogens is 2. The van der Waals surface area contributed by atoms with Gasteiger partial charge in [-0.3, -0.25) is 4.79 Å². The number of amides is 1. The zero-order chi connectivity index (χ0) is 16.8. The fourth-order valence-corrected chi connectivity index (χ4v) is 2.42. The first kappa shape index (κ1) is 17.1. The van der Waals surface area contributed by atoms with Crippen LogP contribution >= 0.6 is 0 Å². The quantitative estimate of drug-likeness (QED) is 0.888. The number of rotatable bonds is 6. The van der Waals surface area contributed by atoms with Crippen molar-refractivity contribution in [1.29, 1.82) is 0 Å². The Balaban J connectivity index is 1.97. The molecule has 3 nitrogen and oxygen atoms in total. The number of nitrogens with one attached hydrogen (secondary N) is 1. The van der Waals surface area contributed by atoms with Gasteiger partial charge in [0.25, 0.3) is 0 Å². The Morgan fingerprint density at radius 1 is 1.09 bits per heavy atom. The Hall–Kier alpha value is -2.27. The Morgan fingerprint density at radius 2 is 1.74 bits per heavy atom. The number of benzene rings is 2. The third kappa shape index (κ3) is 5.14. The van der Waals surface area contributed by atoms with Gasteiger partial charge in [-0.1, -0.05) is 24.3 Å². The standard InChI is InChI=1S/C18H20F2N2O/c1-22(2)17(14-6-4-8-16(20)11-14)12-21-18(23)10-13-5-3-7-15(19)9-13/h3-9,11,17H,10,12H2,1-2H3,(H,21,23). The monoisotopic (exact) mass is 318 g/mol. The van der Waals surface area contributed by atoms with Gasteiger partial charge in [0.1, 0.15) is 11.6 Å². The van der Waals surface area contributed by atoms with Crippen molar-refractivity contribution in [2.24, 2.45) is 0 Å². The first-order valence-corrected chi connectivity index (χ1v) is 7.39. The molecule has 1 N–H and O–H groups in total. The molecule has 0 spiro atoms. The molecule has 0 fully saturated rings. The summed E-state index contributed by atoms with van der Waals surface area (Å²) in [5.41, 5.74) is 1.41. The van der Waals surface area contributed by atoms with E-state index in [-0.39, 0.29) is 30.0 Å². The fourth-order valence-electron chi connectivity index (χ4n) is 2.42. The maximum absolute atomic E-state index is 13.4. The van der Waals surface area contributed by atoms with E-state index in [1.165, 1.54) is 24.3 Å². The molecule has 1 atom stereocenters. The fraction of sp³-hybridized carbons (Fsp3) is 0.278. The van der Waals surface area contributed by atoms with E-state index >= 15 is 0 Å². The summed E-state index contributed by atoms with van der Waals surface area (Å²) in [6.45, 7) is 0.352. The molecule has 0 aliphatic heterocycles. The van der Waals surface area contributed by atoms with E-state index in [4.69, 9.17) is 0 Å². The molecular weight excluding hydrogens is 298 g/mol. The van der Waals surface area contributed by atoms with E-state index < -0.39 is 0 Å². The topological polar surface area (TPSA) is 32.3 Å². The van der Waals surface area contributed by atoms with Crippen LogP contribution in [0.2, 0.25) is 0 Å². The van der Waals surface area contributed by atoms with Gasteiger partial charge in [-0.25, -0.2) is 8.78 Å². The third-order valence-corrected chi connectivity index (χ3v) is 3.60. The van der Waals surface area contributed by atoms with E-state index in [2.05, 4.69) is 5.32 Å². The van der Waals surface area contributed by atoms with Gasteiger partial charge in [0, 0.05) is 6.54 Å². The number of likely N-dealkylation sites (N-methyl/N-ethyl adjacent to an activating group) is 1. The van der Waals surface area contributed by atoms with Gasteiger partial charge in [-0.05, 0) is 49.5 Å². The highest BCUT2D eigenvalue weighted by atomic mass is 19.1. The lowest BCUT2D eigenvalue weighted by atomic mass is 10.1. The van der Waals surface area contributed by atoms with Crippen LogP contribution in [0.5, 0.6) is 0 Å². The summed E-state index contributed by atoms with van der Waals surface area (Å²) in [4.78, 5) is 13.9. The molecular formula is C18H20F2N2O. The van der Waals surface area contributed by atoms with Gasteiger partial charge in [-0.2, -0.15) is 0 Å². The minimum absolute atomic E-state index is 0.112. The Morgan fingerprint density at radius 3 is 2.35 bits per heavy atom. The lowest BCUT2D eigenvalue weighted by molar-refractivity contribution is -0.120. The minimum Gasteiger partial charge on any atom is -0.354 e. The van der Waals surface area contributed by atoms with Crippen LogP contribution in [-0.2, 0) is 11.2 Å². The summed E-state index contributed by atoms with van der Waals surface area (Å²) in [5, 5.41) is 2.82. The lowest BCUT2D eigenvalue weighted by Crippen LogP contribution is -2.35. The molecule has 1 amide bonds. The van der Waals surface area contributed by atoms with Gasteiger partial charge in [-0.15, -0.1) is 0 Å². The molecule has 0 saturated carbocycles. The molecule has 0 aromatic heterocycles. The molecule has 2 aromatic carbocycles. The summed E-state index contributed by atoms with van der Waals surface area (Å²) >= 11 is 0. The Kier molecular flexibility index (Phi) is 5.82. The molecule has 0 aliphatic rings. The lowest BCUT2D eigenvalue weighted by Gasteiger charge is -2.25. The summed E-state index contributed by atoms with van der Waals surface area (Å²) in [6, 6.07) is 12.2. The molecule has 23 heavy (non-hydrogen) atoms. The van der Waals surface area contributed by atoms with Crippen LogP contribution in [0.15, 0.2) is 48.5 Å². The van der Waals surface area contributed by atoms with Crippen LogP contribution in [-0.4, -0.2) is 31.4 Å². The number of nitrogens with zero attached hydrogens (tertiary/aromatic N) is 1. The molecule has 5 heteroatoms. The zero-order valence-corrected chi connectivity index (χ0v) is 13.2. The first-order chi connectivity index (χ1) is 11.0. The van der Waals surface area contributed by atoms with Crippen LogP contribution in [0, 0.1) is 11.6 Å². The summed E-state index contributed by atoms with van der Waals surface area (Å²) in [7, 11) is 3.74. The minimum atomic E-state index is -0.360. The average molecular weight is 318 g/mol. The van der Waals surface area contributed by atoms with Crippen molar-refractivity contribution in [2.75, 3.05) is 20.6 Å². The highest BCUT2D eigenvalue weighted by Crippen LogP contribution is 2.18. The molecule has 0 aliphatic carbocycles. The van der Waals surface area contributed by atoms with Crippen molar-refractivity contribution in [3.63, 3.8) is 0 Å². The van der Waals surface area contributed by atoms with Crippen molar-refractivity contribution < 1.29 is 13.6 Å². The molecule has 2 rings (SSSR count). The van der Waals surface area contributed by atoms with E-state index in [1.54, 1.807) is 18.2 Å². The van der Waals surface area contributed by atoms with Crippen LogP contribution in [0.1, 0.15) is 17.2 Å². The second-order valence-corrected chi connectivity index (χ2v) is 5.65. The normalized spacial score (nSPS) is 12.2. The van der Waals surface area contributed by atoms with Crippen molar-refractivity contribution in [3.05, 3.63) is 71.3 Å². The Labute approximate surface area is 134 Å². The maximum Gasteiger partial charge on any atom is 0.224 e. The first-order valence-electron chi connectivity index (χ1n) is 7.39. The van der Waals surface area contributed by atoms with Crippen LogP contribution in [0.25, 0.3) is 0 Å². The third-order valence-electron chi connectivity index (χ3n) is 3.60. The summed E-state index contributed by atoms with van der Waals surface area (Å²) < 4.78 is 26.5. The number of carbonyl (C=O) groups excluding carboxylic acids is 1. The summed E-state index contributed by atoms with van der Waals surface area (Å²) in [5.74, 6) is -0.861. The van der Waals surface area contributed by atoms with Gasteiger partial charge >= 0.3 is 0 Å². The van der Waals surface area contributed by atoms with E-state index in [0.717, 1.165) is 5.56 Å². The molecule has 122 valence electrons. The largest absolute Gasteiger partial charge is 0.354 e. The van der Waals surface area contributed by atoms with E-state index in [9.17, 15) is 13.6 Å². The van der Waals surface area contributed by atoms with Gasteiger partial charge in [0.15, 0.2) is 0 Å². The Bertz CT molecular complexity index is 674. The van der Waals surface area contributed by atoms with Crippen molar-refractivity contribution >= 4 is 5.91 Å². The zero-order valence-electron chi connectivity index (χ0n) is 13.2. The predicted molar refractivity (Wildman–Crippen MR) is 85.9 cm³/mol. The average Bonchev–Trinajstić information content (AvgIpc) is 2.47. The van der Waals surface area contributed by atoms with Crippen molar-refractivity contribution in [2.45, 2.75) is 12.5 Å². The molecule has 0 heterocycles. The number of carbonyl (C=O) groups is 1. The van der Waals surface area contributed by atoms with E-state index in [1.807, 2.05) is 25.1 Å². The molecule has 0 radical (unpaired) electrons. The smallest absolute Gasteiger partial charge is 0.224 e. The van der Waals surface area contributed by atoms with Crippen molar-refractivity contribution in [1.82, 2.24) is 10.2 Å². The van der Waals surface area contributed by atoms with Crippen LogP contribution < -0.4 is 5.32 Å². The highest BCUT2D eigenvalue weighted by molar-refractivity contribution is 5.78. The SMILES string of the molecule is CN(C)C(CNC(=O)Cc1cccc(F)c1)c1cccc(F)c1. The maximum atomic E-state index is 13.4. The number of hydrogen-bond donors (Lipinski definition) is 1. The van der Waals surface area contributed by atoms with Crippen LogP contribution in [0.3, 0.4) is 0 Å². The van der Waals surface area contributed by atoms with E-state index in [0.29, 0.717) is 12.1 Å². The molecule has 1 unspecified atom stereocenters. The second-order valence-electron chi connectivity index (χ2n) is 5.65. The predicted octanol–water partition coefficient (Wildman–Crippen LogP) is 2.93. The summed E-state index contributed by atoms with van der Waals surface area (Å²) in [6.07, 6.45) is 0.112. The van der Waals surface area contributed by atoms with Gasteiger partial charge < -0.3 is 10.2 Å². The molecule has 0 saturated heterocycles. The van der Waals surface area contributed by atoms with Gasteiger partial charge in [0.05, 0.1) is 12.5 Å². The highest BCUT2D eigenvalue weighted by Gasteiger charge is 2.16. The molecule has 2 aromatic rings. The van der Waals surface area contributed by atoms with Gasteiger partial charge in [0.2, 0.25) is 5.91 Å². The van der Waals surface area contributed by atoms with Crippen molar-refractivity contribution in [3.8, 4) is 0 Å². The second kappa shape index (κ2) is 7.83. The number of hydrogen-bond acceptors (Lipinski definition) is 2. The van der Waals surface area contributed by atoms with Crippen LogP contribution in [0.4, 0.5) is 8.78 Å². The molecule has 0 bridgehead atoms.